The molecule has 1 aliphatic heterocycles. The number of amides is 2. The number of rotatable bonds is 2. The number of fused-ring (bicyclic) bond motifs is 1. The summed E-state index contributed by atoms with van der Waals surface area (Å²) < 4.78 is 37.5. The molecule has 0 aliphatic carbocycles. The predicted octanol–water partition coefficient (Wildman–Crippen LogP) is 2.90. The van der Waals surface area contributed by atoms with Gasteiger partial charge in [-0.3, -0.25) is 19.5 Å². The van der Waals surface area contributed by atoms with Crippen molar-refractivity contribution in [3.05, 3.63) is 65.0 Å². The van der Waals surface area contributed by atoms with Crippen molar-refractivity contribution in [2.45, 2.75) is 12.7 Å². The topological polar surface area (TPSA) is 50.3 Å². The van der Waals surface area contributed by atoms with Crippen LogP contribution in [0.25, 0.3) is 0 Å². The van der Waals surface area contributed by atoms with Gasteiger partial charge >= 0.3 is 6.18 Å². The molecule has 0 spiro atoms. The lowest BCUT2D eigenvalue weighted by atomic mass is 10.1. The van der Waals surface area contributed by atoms with Gasteiger partial charge in [-0.05, 0) is 29.8 Å². The molecule has 0 unspecified atom stereocenters. The summed E-state index contributed by atoms with van der Waals surface area (Å²) in [7, 11) is 0. The summed E-state index contributed by atoms with van der Waals surface area (Å²) in [4.78, 5) is 29.1. The summed E-state index contributed by atoms with van der Waals surface area (Å²) in [5.41, 5.74) is -0.0680. The third-order valence-electron chi connectivity index (χ3n) is 3.35. The Morgan fingerprint density at radius 3 is 2.27 bits per heavy atom. The van der Waals surface area contributed by atoms with Crippen molar-refractivity contribution in [1.29, 1.82) is 0 Å². The van der Waals surface area contributed by atoms with Crippen LogP contribution < -0.4 is 0 Å². The molecule has 22 heavy (non-hydrogen) atoms. The summed E-state index contributed by atoms with van der Waals surface area (Å²) in [6, 6.07) is 7.39. The number of imide groups is 1. The third-order valence-corrected chi connectivity index (χ3v) is 3.35. The van der Waals surface area contributed by atoms with Crippen LogP contribution in [0.3, 0.4) is 0 Å². The molecular weight excluding hydrogens is 297 g/mol. The quantitative estimate of drug-likeness (QED) is 0.802. The molecule has 1 aromatic heterocycles. The number of carbonyl (C=O) groups excluding carboxylic acids is 2. The van der Waals surface area contributed by atoms with Gasteiger partial charge in [0.1, 0.15) is 5.69 Å². The lowest BCUT2D eigenvalue weighted by Gasteiger charge is -2.14. The van der Waals surface area contributed by atoms with Crippen molar-refractivity contribution >= 4 is 11.8 Å². The zero-order valence-electron chi connectivity index (χ0n) is 11.1. The van der Waals surface area contributed by atoms with Crippen LogP contribution in [0.1, 0.15) is 32.0 Å². The van der Waals surface area contributed by atoms with E-state index in [9.17, 15) is 22.8 Å². The molecule has 0 N–H and O–H groups in total. The van der Waals surface area contributed by atoms with Gasteiger partial charge in [-0.15, -0.1) is 0 Å². The van der Waals surface area contributed by atoms with Crippen LogP contribution in [0, 0.1) is 0 Å². The normalized spacial score (nSPS) is 14.4. The molecule has 0 fully saturated rings. The number of alkyl halides is 3. The number of carbonyl (C=O) groups is 2. The number of aromatic nitrogens is 1. The Labute approximate surface area is 123 Å². The summed E-state index contributed by atoms with van der Waals surface area (Å²) >= 11 is 0. The molecule has 3 rings (SSSR count). The van der Waals surface area contributed by atoms with E-state index in [1.807, 2.05) is 0 Å². The van der Waals surface area contributed by atoms with E-state index in [-0.39, 0.29) is 17.8 Å². The molecular formula is C15H9F3N2O2. The van der Waals surface area contributed by atoms with Crippen LogP contribution in [0.5, 0.6) is 0 Å². The number of halogens is 3. The maximum atomic E-state index is 12.5. The number of benzene rings is 1. The first-order valence-corrected chi connectivity index (χ1v) is 6.35. The second-order valence-electron chi connectivity index (χ2n) is 4.79. The largest absolute Gasteiger partial charge is 0.416 e. The zero-order chi connectivity index (χ0) is 15.9. The van der Waals surface area contributed by atoms with E-state index in [1.54, 1.807) is 6.07 Å². The van der Waals surface area contributed by atoms with Crippen molar-refractivity contribution in [3.8, 4) is 0 Å². The van der Waals surface area contributed by atoms with Crippen molar-refractivity contribution in [2.24, 2.45) is 0 Å². The van der Waals surface area contributed by atoms with Gasteiger partial charge in [0.05, 0.1) is 17.7 Å². The van der Waals surface area contributed by atoms with E-state index in [4.69, 9.17) is 0 Å². The van der Waals surface area contributed by atoms with Crippen LogP contribution in [0.4, 0.5) is 13.2 Å². The molecule has 7 heteroatoms. The highest BCUT2D eigenvalue weighted by Gasteiger charge is 2.36. The van der Waals surface area contributed by atoms with E-state index < -0.39 is 23.6 Å². The molecule has 112 valence electrons. The average molecular weight is 306 g/mol. The van der Waals surface area contributed by atoms with Crippen LogP contribution in [0.2, 0.25) is 0 Å². The zero-order valence-corrected chi connectivity index (χ0v) is 11.1. The van der Waals surface area contributed by atoms with Crippen molar-refractivity contribution < 1.29 is 22.8 Å². The second-order valence-corrected chi connectivity index (χ2v) is 4.79. The Morgan fingerprint density at radius 1 is 1.00 bits per heavy atom. The number of hydrogen-bond donors (Lipinski definition) is 0. The van der Waals surface area contributed by atoms with E-state index in [0.717, 1.165) is 17.0 Å². The van der Waals surface area contributed by atoms with Crippen molar-refractivity contribution in [3.63, 3.8) is 0 Å². The Balaban J connectivity index is 1.83. The molecule has 1 aromatic carbocycles. The molecule has 2 aromatic rings. The standard InChI is InChI=1S/C15H9F3N2O2/c16-15(17,18)10-5-3-9(4-6-10)8-20-13(21)11-2-1-7-19-12(11)14(20)22/h1-7H,8H2. The fourth-order valence-corrected chi connectivity index (χ4v) is 2.24. The highest BCUT2D eigenvalue weighted by molar-refractivity contribution is 6.20. The Kier molecular flexibility index (Phi) is 3.20. The monoisotopic (exact) mass is 306 g/mol. The minimum atomic E-state index is -4.42. The summed E-state index contributed by atoms with van der Waals surface area (Å²) in [5.74, 6) is -1.03. The second kappa shape index (κ2) is 4.94. The van der Waals surface area contributed by atoms with Crippen molar-refractivity contribution in [1.82, 2.24) is 9.88 Å². The van der Waals surface area contributed by atoms with E-state index in [2.05, 4.69) is 4.98 Å². The summed E-state index contributed by atoms with van der Waals surface area (Å²) in [5, 5.41) is 0. The van der Waals surface area contributed by atoms with Crippen molar-refractivity contribution in [2.75, 3.05) is 0 Å². The van der Waals surface area contributed by atoms with E-state index in [0.29, 0.717) is 5.56 Å². The molecule has 0 atom stereocenters. The number of hydrogen-bond acceptors (Lipinski definition) is 3. The first kappa shape index (κ1) is 14.2. The van der Waals surface area contributed by atoms with Gasteiger partial charge in [-0.2, -0.15) is 13.2 Å². The Morgan fingerprint density at radius 2 is 1.68 bits per heavy atom. The predicted molar refractivity (Wildman–Crippen MR) is 69.9 cm³/mol. The Hall–Kier alpha value is -2.70. The third kappa shape index (κ3) is 2.34. The Bertz CT molecular complexity index is 719. The summed E-state index contributed by atoms with van der Waals surface area (Å²) in [6.07, 6.45) is -3.01. The maximum absolute atomic E-state index is 12.5. The number of nitrogens with zero attached hydrogens (tertiary/aromatic N) is 2. The molecule has 2 heterocycles. The minimum absolute atomic E-state index is 0.0689. The molecule has 0 radical (unpaired) electrons. The lowest BCUT2D eigenvalue weighted by molar-refractivity contribution is -0.137. The molecule has 0 saturated heterocycles. The summed E-state index contributed by atoms with van der Waals surface area (Å²) in [6.45, 7) is -0.0911. The molecule has 4 nitrogen and oxygen atoms in total. The van der Waals surface area contributed by atoms with Gasteiger partial charge < -0.3 is 0 Å². The van der Waals surface area contributed by atoms with Crippen LogP contribution in [-0.2, 0) is 12.7 Å². The smallest absolute Gasteiger partial charge is 0.268 e. The first-order valence-electron chi connectivity index (χ1n) is 6.35. The molecule has 2 amide bonds. The van der Waals surface area contributed by atoms with Gasteiger partial charge in [0.2, 0.25) is 0 Å². The molecule has 0 saturated carbocycles. The van der Waals surface area contributed by atoms with Gasteiger partial charge in [-0.1, -0.05) is 12.1 Å². The van der Waals surface area contributed by atoms with Gasteiger partial charge in [0, 0.05) is 6.20 Å². The average Bonchev–Trinajstić information content (AvgIpc) is 2.73. The highest BCUT2D eigenvalue weighted by atomic mass is 19.4. The van der Waals surface area contributed by atoms with Gasteiger partial charge in [0.15, 0.2) is 0 Å². The van der Waals surface area contributed by atoms with Crippen LogP contribution in [-0.4, -0.2) is 21.7 Å². The number of pyridine rings is 1. The van der Waals surface area contributed by atoms with E-state index >= 15 is 0 Å². The fraction of sp³-hybridized carbons (Fsp3) is 0.133. The van der Waals surface area contributed by atoms with E-state index in [1.165, 1.54) is 24.4 Å². The lowest BCUT2D eigenvalue weighted by Crippen LogP contribution is -2.29. The van der Waals surface area contributed by atoms with Crippen LogP contribution >= 0.6 is 0 Å². The minimum Gasteiger partial charge on any atom is -0.268 e. The first-order chi connectivity index (χ1) is 10.4. The van der Waals surface area contributed by atoms with Gasteiger partial charge in [-0.25, -0.2) is 0 Å². The van der Waals surface area contributed by atoms with Crippen LogP contribution in [0.15, 0.2) is 42.6 Å². The highest BCUT2D eigenvalue weighted by Crippen LogP contribution is 2.29. The molecule has 1 aliphatic rings. The van der Waals surface area contributed by atoms with Gasteiger partial charge in [0.25, 0.3) is 11.8 Å². The molecule has 0 bridgehead atoms. The maximum Gasteiger partial charge on any atom is 0.416 e. The fourth-order valence-electron chi connectivity index (χ4n) is 2.24. The SMILES string of the molecule is O=C1c2cccnc2C(=O)N1Cc1ccc(C(F)(F)F)cc1.